The van der Waals surface area contributed by atoms with Gasteiger partial charge in [0.05, 0.1) is 22.5 Å². The van der Waals surface area contributed by atoms with Crippen LogP contribution in [0.15, 0.2) is 54.9 Å². The molecule has 1 fully saturated rings. The molecule has 4 heterocycles. The van der Waals surface area contributed by atoms with E-state index in [-0.39, 0.29) is 6.04 Å². The lowest BCUT2D eigenvalue weighted by atomic mass is 10.1. The van der Waals surface area contributed by atoms with Crippen LogP contribution < -0.4 is 5.73 Å². The van der Waals surface area contributed by atoms with Crippen molar-refractivity contribution in [3.05, 3.63) is 66.2 Å². The molecule has 3 N–H and O–H groups in total. The van der Waals surface area contributed by atoms with Gasteiger partial charge in [0.2, 0.25) is 0 Å². The van der Waals surface area contributed by atoms with Gasteiger partial charge in [-0.25, -0.2) is 19.6 Å². The van der Waals surface area contributed by atoms with Crippen molar-refractivity contribution in [1.29, 1.82) is 0 Å². The van der Waals surface area contributed by atoms with Crippen molar-refractivity contribution in [3.63, 3.8) is 0 Å². The quantitative estimate of drug-likeness (QED) is 0.452. The summed E-state index contributed by atoms with van der Waals surface area (Å²) in [6.07, 6.45) is 4.07. The van der Waals surface area contributed by atoms with Crippen molar-refractivity contribution in [1.82, 2.24) is 29.7 Å². The molecule has 0 unspecified atom stereocenters. The van der Waals surface area contributed by atoms with Gasteiger partial charge in [-0.05, 0) is 30.5 Å². The predicted octanol–water partition coefficient (Wildman–Crippen LogP) is 3.89. The van der Waals surface area contributed by atoms with Crippen LogP contribution in [0.25, 0.3) is 33.3 Å². The summed E-state index contributed by atoms with van der Waals surface area (Å²) in [7, 11) is 0. The molecule has 1 saturated heterocycles. The Balaban J connectivity index is 1.43. The van der Waals surface area contributed by atoms with Crippen LogP contribution in [0.4, 0.5) is 5.82 Å². The lowest BCUT2D eigenvalue weighted by Gasteiger charge is -2.22. The van der Waals surface area contributed by atoms with E-state index in [2.05, 4.69) is 39.2 Å². The molecule has 160 valence electrons. The van der Waals surface area contributed by atoms with Crippen LogP contribution in [0, 0.1) is 0 Å². The number of H-pyrrole nitrogens is 1. The summed E-state index contributed by atoms with van der Waals surface area (Å²) in [5.41, 5.74) is 11.9. The second-order valence-corrected chi connectivity index (χ2v) is 8.17. The monoisotopic (exact) mass is 425 g/mol. The molecule has 0 atom stereocenters. The number of nitrogens with two attached hydrogens (primary N) is 1. The molecule has 5 aromatic rings. The number of anilines is 1. The third-order valence-corrected chi connectivity index (χ3v) is 6.07. The molecule has 32 heavy (non-hydrogen) atoms. The van der Waals surface area contributed by atoms with Crippen molar-refractivity contribution < 1.29 is 4.74 Å². The van der Waals surface area contributed by atoms with Gasteiger partial charge >= 0.3 is 0 Å². The van der Waals surface area contributed by atoms with Crippen LogP contribution in [0.2, 0.25) is 0 Å². The van der Waals surface area contributed by atoms with Gasteiger partial charge in [-0.15, -0.1) is 0 Å². The summed E-state index contributed by atoms with van der Waals surface area (Å²) < 4.78 is 7.53. The highest BCUT2D eigenvalue weighted by Gasteiger charge is 2.24. The fraction of sp³-hybridized carbons (Fsp3) is 0.250. The first-order valence-corrected chi connectivity index (χ1v) is 10.9. The number of aromatic amines is 1. The fourth-order valence-electron chi connectivity index (χ4n) is 4.46. The van der Waals surface area contributed by atoms with E-state index < -0.39 is 0 Å². The number of hydrogen-bond donors (Lipinski definition) is 2. The van der Waals surface area contributed by atoms with E-state index >= 15 is 0 Å². The first kappa shape index (κ1) is 18.9. The van der Waals surface area contributed by atoms with Gasteiger partial charge in [-0.3, -0.25) is 0 Å². The molecule has 8 nitrogen and oxygen atoms in total. The van der Waals surface area contributed by atoms with E-state index in [0.29, 0.717) is 5.82 Å². The molecule has 1 aliphatic rings. The van der Waals surface area contributed by atoms with Crippen molar-refractivity contribution in [2.75, 3.05) is 18.9 Å². The summed E-state index contributed by atoms with van der Waals surface area (Å²) >= 11 is 0. The Hall–Kier alpha value is -3.78. The van der Waals surface area contributed by atoms with Crippen LogP contribution in [0.3, 0.4) is 0 Å². The van der Waals surface area contributed by atoms with Gasteiger partial charge in [0, 0.05) is 25.2 Å². The Labute approximate surface area is 184 Å². The number of nitrogen functional groups attached to an aromatic ring is 1. The zero-order chi connectivity index (χ0) is 21.5. The Bertz CT molecular complexity index is 1400. The second-order valence-electron chi connectivity index (χ2n) is 8.17. The van der Waals surface area contributed by atoms with E-state index in [1.807, 2.05) is 28.9 Å². The summed E-state index contributed by atoms with van der Waals surface area (Å²) in [5.74, 6) is 1.37. The summed E-state index contributed by atoms with van der Waals surface area (Å²) in [5, 5.41) is 5.76. The first-order chi connectivity index (χ1) is 15.8. The number of aromatic nitrogens is 6. The Morgan fingerprint density at radius 1 is 1.06 bits per heavy atom. The highest BCUT2D eigenvalue weighted by Crippen LogP contribution is 2.34. The third-order valence-electron chi connectivity index (χ3n) is 6.07. The maximum absolute atomic E-state index is 6.29. The number of rotatable bonds is 4. The average Bonchev–Trinajstić information content (AvgIpc) is 3.41. The fourth-order valence-corrected chi connectivity index (χ4v) is 4.46. The minimum Gasteiger partial charge on any atom is -0.383 e. The summed E-state index contributed by atoms with van der Waals surface area (Å²) in [4.78, 5) is 17.0. The molecule has 1 aliphatic heterocycles. The van der Waals surface area contributed by atoms with Gasteiger partial charge in [0.15, 0.2) is 5.65 Å². The zero-order valence-corrected chi connectivity index (χ0v) is 17.5. The predicted molar refractivity (Wildman–Crippen MR) is 123 cm³/mol. The molecule has 8 heteroatoms. The molecular formula is C24H23N7O. The maximum Gasteiger partial charge on any atom is 0.164 e. The van der Waals surface area contributed by atoms with Gasteiger partial charge < -0.3 is 15.5 Å². The first-order valence-electron chi connectivity index (χ1n) is 10.9. The topological polar surface area (TPSA) is 108 Å². The molecule has 0 radical (unpaired) electrons. The van der Waals surface area contributed by atoms with E-state index in [1.165, 1.54) is 11.9 Å². The normalized spacial score (nSPS) is 15.0. The molecule has 0 saturated carbocycles. The highest BCUT2D eigenvalue weighted by atomic mass is 16.5. The van der Waals surface area contributed by atoms with Gasteiger partial charge in [0.1, 0.15) is 23.7 Å². The second kappa shape index (κ2) is 7.72. The molecule has 0 amide bonds. The van der Waals surface area contributed by atoms with Crippen molar-refractivity contribution in [2.45, 2.75) is 25.3 Å². The Morgan fingerprint density at radius 3 is 2.75 bits per heavy atom. The van der Waals surface area contributed by atoms with Crippen LogP contribution in [-0.2, 0) is 11.2 Å². The van der Waals surface area contributed by atoms with E-state index in [9.17, 15) is 0 Å². The van der Waals surface area contributed by atoms with Gasteiger partial charge in [0.25, 0.3) is 0 Å². The molecular weight excluding hydrogens is 402 g/mol. The Morgan fingerprint density at radius 2 is 1.91 bits per heavy atom. The number of nitrogens with zero attached hydrogens (tertiary/aromatic N) is 5. The summed E-state index contributed by atoms with van der Waals surface area (Å²) in [6.45, 7) is 1.46. The standard InChI is InChI=1S/C24H23N7O/c25-23-21-22(30-31(24(21)27-14-26-23)17-8-10-32-11-9-17)16-6-7-18-19(13-16)29-20(28-18)12-15-4-2-1-3-5-15/h1-7,13-14,17H,8-12H2,(H,28,29)(H2,25,26,27). The van der Waals surface area contributed by atoms with E-state index in [0.717, 1.165) is 71.6 Å². The average molecular weight is 425 g/mol. The van der Waals surface area contributed by atoms with Crippen LogP contribution >= 0.6 is 0 Å². The number of benzene rings is 2. The maximum atomic E-state index is 6.29. The van der Waals surface area contributed by atoms with Crippen LogP contribution in [0.5, 0.6) is 0 Å². The SMILES string of the molecule is Nc1ncnc2c1c(-c1ccc3[nH]c(Cc4ccccc4)nc3c1)nn2C1CCOCC1. The van der Waals surface area contributed by atoms with Crippen molar-refractivity contribution in [3.8, 4) is 11.3 Å². The van der Waals surface area contributed by atoms with Crippen molar-refractivity contribution in [2.24, 2.45) is 0 Å². The number of hydrogen-bond acceptors (Lipinski definition) is 6. The minimum atomic E-state index is 0.237. The zero-order valence-electron chi connectivity index (χ0n) is 17.5. The summed E-state index contributed by atoms with van der Waals surface area (Å²) in [6, 6.07) is 16.7. The molecule has 0 spiro atoms. The number of imidazole rings is 1. The van der Waals surface area contributed by atoms with Crippen LogP contribution in [0.1, 0.15) is 30.3 Å². The molecule has 2 aromatic carbocycles. The lowest BCUT2D eigenvalue weighted by molar-refractivity contribution is 0.0674. The Kier molecular flexibility index (Phi) is 4.57. The molecule has 0 bridgehead atoms. The minimum absolute atomic E-state index is 0.237. The smallest absolute Gasteiger partial charge is 0.164 e. The largest absolute Gasteiger partial charge is 0.383 e. The van der Waals surface area contributed by atoms with Gasteiger partial charge in [-0.1, -0.05) is 36.4 Å². The number of fused-ring (bicyclic) bond motifs is 2. The molecule has 0 aliphatic carbocycles. The molecule has 6 rings (SSSR count). The third kappa shape index (κ3) is 3.29. The van der Waals surface area contributed by atoms with E-state index in [1.54, 1.807) is 0 Å². The van der Waals surface area contributed by atoms with E-state index in [4.69, 9.17) is 20.6 Å². The number of nitrogens with one attached hydrogen (secondary N) is 1. The lowest BCUT2D eigenvalue weighted by Crippen LogP contribution is -2.20. The number of ether oxygens (including phenoxy) is 1. The highest BCUT2D eigenvalue weighted by molar-refractivity contribution is 5.99. The van der Waals surface area contributed by atoms with Crippen LogP contribution in [-0.4, -0.2) is 42.9 Å². The molecule has 3 aromatic heterocycles. The van der Waals surface area contributed by atoms with Crippen molar-refractivity contribution >= 4 is 27.9 Å². The van der Waals surface area contributed by atoms with Gasteiger partial charge in [-0.2, -0.15) is 5.10 Å².